The van der Waals surface area contributed by atoms with Crippen molar-refractivity contribution in [2.45, 2.75) is 240 Å². The molecule has 9 fully saturated rings. The third kappa shape index (κ3) is 9.04. The second-order valence-corrected chi connectivity index (χ2v) is 23.8. The van der Waals surface area contributed by atoms with Gasteiger partial charge in [0.15, 0.2) is 30.9 Å². The fraction of sp³-hybridized carbons (Fsp3) is 0.941. The van der Waals surface area contributed by atoms with Crippen LogP contribution in [-0.2, 0) is 52.2 Å². The molecule has 3 saturated carbocycles. The highest BCUT2D eigenvalue weighted by Gasteiger charge is 2.72. The van der Waals surface area contributed by atoms with Crippen LogP contribution in [0.2, 0.25) is 0 Å². The fourth-order valence-electron chi connectivity index (χ4n) is 15.1. The molecule has 0 aromatic heterocycles. The van der Waals surface area contributed by atoms with E-state index in [0.717, 1.165) is 18.4 Å². The van der Waals surface area contributed by atoms with Gasteiger partial charge in [0.1, 0.15) is 85.1 Å². The number of ether oxygens (including phenoxy) is 10. The van der Waals surface area contributed by atoms with Crippen molar-refractivity contribution in [3.05, 3.63) is 11.6 Å². The minimum Gasteiger partial charge on any atom is -0.394 e. The van der Waals surface area contributed by atoms with Gasteiger partial charge in [-0.05, 0) is 82.0 Å². The van der Waals surface area contributed by atoms with Crippen molar-refractivity contribution in [1.29, 1.82) is 0 Å². The van der Waals surface area contributed by atoms with Crippen LogP contribution in [0.4, 0.5) is 0 Å². The second kappa shape index (κ2) is 20.3. The SMILES string of the molecule is CC1CCC2(OC1)OC1CC3C4C(O)C=C5CC(OC6OC(CO)C(OC7OC(C)C(OC8OC(C)C(O)C(O)C8O)C(O)C7O)C(O)C6OC6OC(C)C(O)C(O)C6O)CCC5(C)C4CC(=O)C3(C)C1C2C. The molecular formula is C51H80O22. The van der Waals surface area contributed by atoms with Gasteiger partial charge < -0.3 is 104 Å². The van der Waals surface area contributed by atoms with Crippen LogP contribution in [0.5, 0.6) is 0 Å². The van der Waals surface area contributed by atoms with Crippen LogP contribution in [-0.4, -0.2) is 222 Å². The Morgan fingerprint density at radius 2 is 1.21 bits per heavy atom. The maximum atomic E-state index is 14.8. The van der Waals surface area contributed by atoms with E-state index in [1.165, 1.54) is 20.8 Å². The number of ketones is 1. The third-order valence-corrected chi connectivity index (χ3v) is 19.6. The summed E-state index contributed by atoms with van der Waals surface area (Å²) < 4.78 is 61.7. The summed E-state index contributed by atoms with van der Waals surface area (Å²) in [6.45, 7) is 12.8. The van der Waals surface area contributed by atoms with Gasteiger partial charge >= 0.3 is 0 Å². The average Bonchev–Trinajstić information content (AvgIpc) is 3.80. The summed E-state index contributed by atoms with van der Waals surface area (Å²) in [5, 5.41) is 121. The van der Waals surface area contributed by atoms with E-state index in [1.54, 1.807) is 0 Å². The molecule has 6 aliphatic heterocycles. The van der Waals surface area contributed by atoms with Gasteiger partial charge in [0.05, 0.1) is 49.8 Å². The maximum absolute atomic E-state index is 14.8. The van der Waals surface area contributed by atoms with Crippen molar-refractivity contribution in [1.82, 2.24) is 0 Å². The zero-order chi connectivity index (χ0) is 52.5. The number of rotatable bonds is 9. The summed E-state index contributed by atoms with van der Waals surface area (Å²) in [5.41, 5.74) is -0.252. The topological polar surface area (TPSA) is 332 Å². The standard InChI is InChI=1S/C51H80O22/c1-18-8-11-51(64-17-18)19(2)32-28(73-51)14-26-31-25(15-30(54)50(26,32)7)49(6)10-9-24(12-23(49)13-27(31)53)68-48-44(72-46-39(61)36(58)34(56)21(4)66-46)41(63)43(29(16-52)69-48)71-47-40(62)37(59)42(22(5)67-47)70-45-38(60)35(57)33(55)20(3)65-45/h13,18-22,24-29,31-48,52-53,55-63H,8-12,14-17H2,1-7H3. The molecule has 0 bridgehead atoms. The molecule has 416 valence electrons. The molecule has 1 spiro atoms. The van der Waals surface area contributed by atoms with Crippen molar-refractivity contribution in [2.24, 2.45) is 46.3 Å². The van der Waals surface area contributed by atoms with Gasteiger partial charge in [-0.25, -0.2) is 0 Å². The quantitative estimate of drug-likeness (QED) is 0.114. The number of aliphatic hydroxyl groups excluding tert-OH is 11. The van der Waals surface area contributed by atoms with Gasteiger partial charge in [-0.15, -0.1) is 0 Å². The lowest BCUT2D eigenvalue weighted by atomic mass is 9.46. The first kappa shape index (κ1) is 54.9. The highest BCUT2D eigenvalue weighted by Crippen LogP contribution is 2.70. The number of hydrogen-bond acceptors (Lipinski definition) is 22. The molecule has 0 amide bonds. The summed E-state index contributed by atoms with van der Waals surface area (Å²) >= 11 is 0. The highest BCUT2D eigenvalue weighted by atomic mass is 16.8. The van der Waals surface area contributed by atoms with E-state index in [9.17, 15) is 61.0 Å². The lowest BCUT2D eigenvalue weighted by Crippen LogP contribution is -2.67. The number of fused-ring (bicyclic) bond motifs is 7. The Labute approximate surface area is 424 Å². The van der Waals surface area contributed by atoms with Crippen molar-refractivity contribution in [3.63, 3.8) is 0 Å². The maximum Gasteiger partial charge on any atom is 0.187 e. The molecule has 32 atom stereocenters. The molecule has 0 aromatic rings. The summed E-state index contributed by atoms with van der Waals surface area (Å²) in [4.78, 5) is 14.8. The Morgan fingerprint density at radius 3 is 1.81 bits per heavy atom. The lowest BCUT2D eigenvalue weighted by molar-refractivity contribution is -0.394. The van der Waals surface area contributed by atoms with E-state index >= 15 is 0 Å². The number of carbonyl (C=O) groups excluding carboxylic acids is 1. The van der Waals surface area contributed by atoms with E-state index in [-0.39, 0.29) is 41.5 Å². The molecule has 22 nitrogen and oxygen atoms in total. The van der Waals surface area contributed by atoms with Gasteiger partial charge in [-0.3, -0.25) is 4.79 Å². The number of hydrogen-bond donors (Lipinski definition) is 11. The van der Waals surface area contributed by atoms with Crippen LogP contribution in [0, 0.1) is 46.3 Å². The molecule has 73 heavy (non-hydrogen) atoms. The van der Waals surface area contributed by atoms with Gasteiger partial charge in [-0.1, -0.05) is 39.3 Å². The van der Waals surface area contributed by atoms with Crippen LogP contribution in [0.15, 0.2) is 11.6 Å². The summed E-state index contributed by atoms with van der Waals surface area (Å²) in [6.07, 6.45) is -26.4. The molecule has 10 rings (SSSR count). The first-order valence-electron chi connectivity index (χ1n) is 26.6. The van der Waals surface area contributed by atoms with E-state index in [2.05, 4.69) is 27.7 Å². The van der Waals surface area contributed by atoms with Crippen LogP contribution >= 0.6 is 0 Å². The Balaban J connectivity index is 0.856. The smallest absolute Gasteiger partial charge is 0.187 e. The normalized spacial score (nSPS) is 58.2. The Hall–Kier alpha value is -1.43. The van der Waals surface area contributed by atoms with E-state index in [4.69, 9.17) is 47.4 Å². The predicted molar refractivity (Wildman–Crippen MR) is 246 cm³/mol. The Morgan fingerprint density at radius 1 is 0.616 bits per heavy atom. The molecule has 0 aromatic carbocycles. The highest BCUT2D eigenvalue weighted by molar-refractivity contribution is 5.87. The van der Waals surface area contributed by atoms with Gasteiger partial charge in [0.25, 0.3) is 0 Å². The second-order valence-electron chi connectivity index (χ2n) is 23.8. The van der Waals surface area contributed by atoms with Crippen LogP contribution < -0.4 is 0 Å². The first-order chi connectivity index (χ1) is 34.4. The molecule has 10 aliphatic rings. The van der Waals surface area contributed by atoms with Crippen LogP contribution in [0.1, 0.15) is 93.4 Å². The van der Waals surface area contributed by atoms with Gasteiger partial charge in [-0.2, -0.15) is 0 Å². The minimum atomic E-state index is -1.89. The monoisotopic (exact) mass is 1040 g/mol. The largest absolute Gasteiger partial charge is 0.394 e. The molecule has 11 N–H and O–H groups in total. The molecule has 32 unspecified atom stereocenters. The van der Waals surface area contributed by atoms with Gasteiger partial charge in [0.2, 0.25) is 0 Å². The van der Waals surface area contributed by atoms with Crippen LogP contribution in [0.25, 0.3) is 0 Å². The molecule has 22 heteroatoms. The molecule has 6 saturated heterocycles. The zero-order valence-corrected chi connectivity index (χ0v) is 42.6. The van der Waals surface area contributed by atoms with E-state index < -0.39 is 158 Å². The number of aliphatic hydroxyl groups is 11. The van der Waals surface area contributed by atoms with E-state index in [0.29, 0.717) is 44.6 Å². The summed E-state index contributed by atoms with van der Waals surface area (Å²) in [5.74, 6) is -0.516. The average molecular weight is 1050 g/mol. The number of Topliss-reactive ketones (excluding diaryl/α,β-unsaturated/α-hetero) is 1. The first-order valence-corrected chi connectivity index (χ1v) is 26.6. The number of carbonyl (C=O) groups is 1. The van der Waals surface area contributed by atoms with Crippen molar-refractivity contribution in [3.8, 4) is 0 Å². The lowest BCUT2D eigenvalue weighted by Gasteiger charge is -2.59. The van der Waals surface area contributed by atoms with Gasteiger partial charge in [0, 0.05) is 30.1 Å². The molecule has 0 radical (unpaired) electrons. The molecule has 4 aliphatic carbocycles. The Bertz CT molecular complexity index is 2010. The summed E-state index contributed by atoms with van der Waals surface area (Å²) in [7, 11) is 0. The van der Waals surface area contributed by atoms with Crippen molar-refractivity contribution in [2.75, 3.05) is 13.2 Å². The predicted octanol–water partition coefficient (Wildman–Crippen LogP) is -1.76. The van der Waals surface area contributed by atoms with Crippen LogP contribution in [0.3, 0.4) is 0 Å². The summed E-state index contributed by atoms with van der Waals surface area (Å²) in [6, 6.07) is 0. The zero-order valence-electron chi connectivity index (χ0n) is 42.6. The molecular weight excluding hydrogens is 965 g/mol. The van der Waals surface area contributed by atoms with E-state index in [1.807, 2.05) is 6.08 Å². The molecule has 6 heterocycles. The minimum absolute atomic E-state index is 0.0122. The van der Waals surface area contributed by atoms with Crippen molar-refractivity contribution < 1.29 is 108 Å². The Kier molecular flexibility index (Phi) is 15.3. The fourth-order valence-corrected chi connectivity index (χ4v) is 15.1. The van der Waals surface area contributed by atoms with Crippen molar-refractivity contribution >= 4 is 5.78 Å². The third-order valence-electron chi connectivity index (χ3n) is 19.6.